The first kappa shape index (κ1) is 16.2. The lowest BCUT2D eigenvalue weighted by molar-refractivity contribution is -0.159. The normalized spacial score (nSPS) is 14.2. The number of hydrogen-bond acceptors (Lipinski definition) is 3. The summed E-state index contributed by atoms with van der Waals surface area (Å²) in [6.45, 7) is 5.85. The topological polar surface area (TPSA) is 29.5 Å². The molecule has 3 nitrogen and oxygen atoms in total. The molecule has 0 spiro atoms. The molecule has 0 amide bonds. The number of rotatable bonds is 6. The maximum atomic E-state index is 12.4. The largest absolute Gasteiger partial charge is 0.466 e. The Hall–Kier alpha value is -0.780. The smallest absolute Gasteiger partial charge is 0.401 e. The first-order chi connectivity index (χ1) is 7.67. The first-order valence-electron chi connectivity index (χ1n) is 5.65. The molecule has 0 aromatic rings. The van der Waals surface area contributed by atoms with E-state index in [9.17, 15) is 18.0 Å². The highest BCUT2D eigenvalue weighted by molar-refractivity contribution is 5.70. The van der Waals surface area contributed by atoms with E-state index >= 15 is 0 Å². The van der Waals surface area contributed by atoms with E-state index in [1.165, 1.54) is 4.90 Å². The van der Waals surface area contributed by atoms with E-state index in [0.29, 0.717) is 0 Å². The lowest BCUT2D eigenvalue weighted by atomic mass is 10.1. The molecule has 6 heteroatoms. The van der Waals surface area contributed by atoms with Gasteiger partial charge in [0.05, 0.1) is 19.6 Å². The molecule has 0 saturated carbocycles. The van der Waals surface area contributed by atoms with Gasteiger partial charge >= 0.3 is 12.1 Å². The highest BCUT2D eigenvalue weighted by atomic mass is 19.4. The maximum Gasteiger partial charge on any atom is 0.401 e. The van der Waals surface area contributed by atoms with Crippen molar-refractivity contribution in [3.8, 4) is 0 Å². The molecule has 0 aliphatic heterocycles. The van der Waals surface area contributed by atoms with Crippen LogP contribution in [-0.2, 0) is 9.53 Å². The van der Waals surface area contributed by atoms with Gasteiger partial charge in [0.25, 0.3) is 0 Å². The van der Waals surface area contributed by atoms with Crippen molar-refractivity contribution in [2.24, 2.45) is 0 Å². The Balaban J connectivity index is 4.45. The second-order valence-electron chi connectivity index (χ2n) is 4.24. The van der Waals surface area contributed by atoms with Crippen molar-refractivity contribution in [1.82, 2.24) is 4.90 Å². The molecule has 17 heavy (non-hydrogen) atoms. The van der Waals surface area contributed by atoms with Crippen LogP contribution in [0.15, 0.2) is 0 Å². The van der Waals surface area contributed by atoms with Gasteiger partial charge in [0.2, 0.25) is 0 Å². The Kier molecular flexibility index (Phi) is 6.52. The molecule has 0 aromatic heterocycles. The molecule has 0 fully saturated rings. The molecular formula is C11H20F3NO2. The SMILES string of the molecule is CCOC(=O)CC(C)N(CC(F)(F)F)C(C)C. The quantitative estimate of drug-likeness (QED) is 0.683. The molecule has 0 heterocycles. The van der Waals surface area contributed by atoms with Crippen molar-refractivity contribution in [3.05, 3.63) is 0 Å². The second-order valence-corrected chi connectivity index (χ2v) is 4.24. The van der Waals surface area contributed by atoms with Gasteiger partial charge in [0.15, 0.2) is 0 Å². The molecule has 0 bridgehead atoms. The predicted molar refractivity (Wildman–Crippen MR) is 58.6 cm³/mol. The third-order valence-corrected chi connectivity index (χ3v) is 2.36. The predicted octanol–water partition coefficient (Wildman–Crippen LogP) is 2.60. The van der Waals surface area contributed by atoms with Crippen molar-refractivity contribution in [2.75, 3.05) is 13.2 Å². The zero-order valence-electron chi connectivity index (χ0n) is 10.7. The highest BCUT2D eigenvalue weighted by Gasteiger charge is 2.34. The van der Waals surface area contributed by atoms with Gasteiger partial charge < -0.3 is 4.74 Å². The summed E-state index contributed by atoms with van der Waals surface area (Å²) in [5.74, 6) is -0.465. The maximum absolute atomic E-state index is 12.4. The first-order valence-corrected chi connectivity index (χ1v) is 5.65. The number of carbonyl (C=O) groups excluding carboxylic acids is 1. The van der Waals surface area contributed by atoms with Gasteiger partial charge in [-0.1, -0.05) is 0 Å². The van der Waals surface area contributed by atoms with Crippen LogP contribution in [0.2, 0.25) is 0 Å². The van der Waals surface area contributed by atoms with Crippen LogP contribution in [0.25, 0.3) is 0 Å². The zero-order valence-corrected chi connectivity index (χ0v) is 10.7. The molecule has 102 valence electrons. The van der Waals surface area contributed by atoms with Crippen LogP contribution in [-0.4, -0.2) is 42.3 Å². The van der Waals surface area contributed by atoms with E-state index in [4.69, 9.17) is 4.74 Å². The monoisotopic (exact) mass is 255 g/mol. The van der Waals surface area contributed by atoms with Crippen LogP contribution >= 0.6 is 0 Å². The number of carbonyl (C=O) groups is 1. The number of esters is 1. The fraction of sp³-hybridized carbons (Fsp3) is 0.909. The minimum Gasteiger partial charge on any atom is -0.466 e. The summed E-state index contributed by atoms with van der Waals surface area (Å²) < 4.78 is 41.8. The highest BCUT2D eigenvalue weighted by Crippen LogP contribution is 2.21. The molecule has 0 saturated heterocycles. The van der Waals surface area contributed by atoms with Gasteiger partial charge in [0, 0.05) is 12.1 Å². The summed E-state index contributed by atoms with van der Waals surface area (Å²) in [6, 6.07) is -0.767. The lowest BCUT2D eigenvalue weighted by Gasteiger charge is -2.32. The average molecular weight is 255 g/mol. The van der Waals surface area contributed by atoms with Crippen LogP contribution in [0.3, 0.4) is 0 Å². The third-order valence-electron chi connectivity index (χ3n) is 2.36. The van der Waals surface area contributed by atoms with E-state index in [0.717, 1.165) is 0 Å². The average Bonchev–Trinajstić information content (AvgIpc) is 2.12. The van der Waals surface area contributed by atoms with Crippen LogP contribution in [0.4, 0.5) is 13.2 Å². The molecule has 1 atom stereocenters. The minimum absolute atomic E-state index is 0.0257. The molecule has 0 aliphatic carbocycles. The van der Waals surface area contributed by atoms with E-state index in [1.54, 1.807) is 27.7 Å². The summed E-state index contributed by atoms with van der Waals surface area (Å²) in [5.41, 5.74) is 0. The van der Waals surface area contributed by atoms with Gasteiger partial charge in [-0.3, -0.25) is 9.69 Å². The Labute approximate surface area is 99.9 Å². The summed E-state index contributed by atoms with van der Waals surface area (Å²) >= 11 is 0. The third kappa shape index (κ3) is 7.20. The van der Waals surface area contributed by atoms with Gasteiger partial charge in [-0.25, -0.2) is 0 Å². The Bertz CT molecular complexity index is 241. The Morgan fingerprint density at radius 1 is 1.29 bits per heavy atom. The molecular weight excluding hydrogens is 235 g/mol. The van der Waals surface area contributed by atoms with E-state index in [-0.39, 0.29) is 19.1 Å². The molecule has 0 aromatic carbocycles. The van der Waals surface area contributed by atoms with Crippen molar-refractivity contribution in [1.29, 1.82) is 0 Å². The van der Waals surface area contributed by atoms with Crippen molar-refractivity contribution >= 4 is 5.97 Å². The van der Waals surface area contributed by atoms with Crippen molar-refractivity contribution in [2.45, 2.75) is 52.4 Å². The summed E-state index contributed by atoms with van der Waals surface area (Å²) in [6.07, 6.45) is -4.28. The molecule has 0 rings (SSSR count). The molecule has 1 unspecified atom stereocenters. The second kappa shape index (κ2) is 6.83. The molecule has 0 N–H and O–H groups in total. The van der Waals surface area contributed by atoms with Gasteiger partial charge in [-0.2, -0.15) is 13.2 Å². The van der Waals surface area contributed by atoms with Crippen LogP contribution in [0.5, 0.6) is 0 Å². The van der Waals surface area contributed by atoms with Gasteiger partial charge in [-0.05, 0) is 27.7 Å². The van der Waals surface area contributed by atoms with Gasteiger partial charge in [0.1, 0.15) is 0 Å². The number of alkyl halides is 3. The summed E-state index contributed by atoms with van der Waals surface area (Å²) in [4.78, 5) is 12.5. The number of nitrogens with zero attached hydrogens (tertiary/aromatic N) is 1. The Morgan fingerprint density at radius 3 is 2.18 bits per heavy atom. The fourth-order valence-corrected chi connectivity index (χ4v) is 1.63. The van der Waals surface area contributed by atoms with Crippen LogP contribution < -0.4 is 0 Å². The van der Waals surface area contributed by atoms with Crippen LogP contribution in [0, 0.1) is 0 Å². The van der Waals surface area contributed by atoms with E-state index in [2.05, 4.69) is 0 Å². The molecule has 0 aliphatic rings. The van der Waals surface area contributed by atoms with E-state index in [1.807, 2.05) is 0 Å². The zero-order chi connectivity index (χ0) is 13.6. The molecule has 0 radical (unpaired) electrons. The van der Waals surface area contributed by atoms with Crippen molar-refractivity contribution in [3.63, 3.8) is 0 Å². The Morgan fingerprint density at radius 2 is 1.82 bits per heavy atom. The minimum atomic E-state index is -4.26. The number of halogens is 3. The van der Waals surface area contributed by atoms with Gasteiger partial charge in [-0.15, -0.1) is 0 Å². The fourth-order valence-electron chi connectivity index (χ4n) is 1.63. The van der Waals surface area contributed by atoms with Crippen molar-refractivity contribution < 1.29 is 22.7 Å². The number of hydrogen-bond donors (Lipinski definition) is 0. The summed E-state index contributed by atoms with van der Waals surface area (Å²) in [7, 11) is 0. The number of ether oxygens (including phenoxy) is 1. The summed E-state index contributed by atoms with van der Waals surface area (Å²) in [5, 5.41) is 0. The lowest BCUT2D eigenvalue weighted by Crippen LogP contribution is -2.45. The standard InChI is InChI=1S/C11H20F3NO2/c1-5-17-10(16)6-9(4)15(8(2)3)7-11(12,13)14/h8-9H,5-7H2,1-4H3. The van der Waals surface area contributed by atoms with Crippen LogP contribution in [0.1, 0.15) is 34.1 Å². The van der Waals surface area contributed by atoms with E-state index < -0.39 is 24.7 Å².